The number of allylic oxidation sites excluding steroid dienone is 2. The van der Waals surface area contributed by atoms with E-state index in [1.54, 1.807) is 0 Å². The molecule has 6 aromatic carbocycles. The summed E-state index contributed by atoms with van der Waals surface area (Å²) in [6.07, 6.45) is 9.05. The van der Waals surface area contributed by atoms with Crippen molar-refractivity contribution in [2.75, 3.05) is 0 Å². The Morgan fingerprint density at radius 2 is 0.893 bits per heavy atom. The number of hydrogen-bond donors (Lipinski definition) is 0. The van der Waals surface area contributed by atoms with Gasteiger partial charge in [0.05, 0.1) is 0 Å². The Kier molecular flexibility index (Phi) is 10.5. The van der Waals surface area contributed by atoms with Gasteiger partial charge in [0.15, 0.2) is 0 Å². The van der Waals surface area contributed by atoms with Gasteiger partial charge in [-0.3, -0.25) is 0 Å². The van der Waals surface area contributed by atoms with Crippen molar-refractivity contribution in [1.82, 2.24) is 19.6 Å². The van der Waals surface area contributed by atoms with Crippen LogP contribution in [0.3, 0.4) is 0 Å². The van der Waals surface area contributed by atoms with Crippen molar-refractivity contribution in [2.45, 2.75) is 34.2 Å². The molecule has 2 heterocycles. The average molecular weight is 863 g/mol. The van der Waals surface area contributed by atoms with Gasteiger partial charge in [-0.1, -0.05) is 0 Å². The summed E-state index contributed by atoms with van der Waals surface area (Å²) in [6.45, 7) is 10.1. The van der Waals surface area contributed by atoms with E-state index < -0.39 is 25.8 Å². The maximum absolute atomic E-state index is 5.01. The monoisotopic (exact) mass is 860 g/mol. The van der Waals surface area contributed by atoms with E-state index in [1.807, 2.05) is 12.4 Å². The molecule has 0 aliphatic heterocycles. The van der Waals surface area contributed by atoms with Gasteiger partial charge in [-0.05, 0) is 0 Å². The van der Waals surface area contributed by atoms with Crippen LogP contribution in [0, 0.1) is 0 Å². The van der Waals surface area contributed by atoms with E-state index >= 15 is 0 Å². The maximum Gasteiger partial charge on any atom is -1.00 e. The zero-order chi connectivity index (χ0) is 36.5. The molecule has 8 aromatic rings. The second kappa shape index (κ2) is 15.4. The molecule has 4 nitrogen and oxygen atoms in total. The van der Waals surface area contributed by atoms with E-state index in [4.69, 9.17) is 10.2 Å². The fourth-order valence-corrected chi connectivity index (χ4v) is 29.7. The van der Waals surface area contributed by atoms with Crippen molar-refractivity contribution in [3.05, 3.63) is 179 Å². The second-order valence-corrected chi connectivity index (χ2v) is 32.9. The van der Waals surface area contributed by atoms with Crippen LogP contribution in [0.15, 0.2) is 157 Å². The number of hydrogen-bond acceptors (Lipinski definition) is 2. The Bertz CT molecular complexity index is 2700. The topological polar surface area (TPSA) is 35.6 Å². The van der Waals surface area contributed by atoms with Crippen LogP contribution in [0.1, 0.15) is 43.4 Å². The molecule has 2 atom stereocenters. The molecular weight excluding hydrogens is 823 g/mol. The first kappa shape index (κ1) is 38.3. The molecule has 0 unspecified atom stereocenters. The number of para-hydroxylation sites is 2. The number of aromatic nitrogens is 4. The van der Waals surface area contributed by atoms with Crippen LogP contribution in [0.5, 0.6) is 0 Å². The molecule has 10 rings (SSSR count). The van der Waals surface area contributed by atoms with E-state index in [0.717, 1.165) is 21.8 Å². The van der Waals surface area contributed by atoms with Crippen LogP contribution in [0.4, 0.5) is 0 Å². The quantitative estimate of drug-likeness (QED) is 0.187. The van der Waals surface area contributed by atoms with Gasteiger partial charge in [0.25, 0.3) is 0 Å². The summed E-state index contributed by atoms with van der Waals surface area (Å²) in [5, 5.41) is 12.3. The molecule has 0 spiro atoms. The van der Waals surface area contributed by atoms with Crippen molar-refractivity contribution >= 4 is 39.4 Å². The summed E-state index contributed by atoms with van der Waals surface area (Å²) >= 11 is -2.47. The Hall–Kier alpha value is -4.58. The first-order valence-corrected chi connectivity index (χ1v) is 27.8. The van der Waals surface area contributed by atoms with Crippen molar-refractivity contribution in [1.29, 1.82) is 0 Å². The van der Waals surface area contributed by atoms with Crippen LogP contribution >= 0.6 is 0 Å². The van der Waals surface area contributed by atoms with Crippen LogP contribution in [0.2, 0.25) is 13.1 Å². The molecule has 8 heteroatoms. The molecule has 0 saturated carbocycles. The maximum atomic E-state index is 5.01. The zero-order valence-electron chi connectivity index (χ0n) is 31.7. The summed E-state index contributed by atoms with van der Waals surface area (Å²) in [6, 6.07) is 48.8. The molecule has 0 fully saturated rings. The molecule has 274 valence electrons. The minimum absolute atomic E-state index is 0. The van der Waals surface area contributed by atoms with E-state index in [-0.39, 0.29) is 24.8 Å². The molecule has 2 aliphatic rings. The number of fused-ring (bicyclic) bond motifs is 4. The number of benzene rings is 6. The second-order valence-electron chi connectivity index (χ2n) is 15.1. The normalized spacial score (nSPS) is 15.3. The van der Waals surface area contributed by atoms with Crippen LogP contribution in [-0.2, 0) is 20.4 Å². The first-order chi connectivity index (χ1) is 26.4. The fourth-order valence-electron chi connectivity index (χ4n) is 9.07. The zero-order valence-corrected chi connectivity index (χ0v) is 36.7. The molecule has 2 aromatic heterocycles. The number of halogens is 2. The van der Waals surface area contributed by atoms with Gasteiger partial charge < -0.3 is 24.8 Å². The predicted molar refractivity (Wildman–Crippen MR) is 223 cm³/mol. The molecule has 2 aliphatic carbocycles. The summed E-state index contributed by atoms with van der Waals surface area (Å²) in [4.78, 5) is 0. The van der Waals surface area contributed by atoms with E-state index in [2.05, 4.69) is 182 Å². The van der Waals surface area contributed by atoms with Crippen molar-refractivity contribution < 1.29 is 45.2 Å². The van der Waals surface area contributed by atoms with Gasteiger partial charge in [-0.2, -0.15) is 0 Å². The van der Waals surface area contributed by atoms with Gasteiger partial charge in [-0.15, -0.1) is 0 Å². The van der Waals surface area contributed by atoms with Gasteiger partial charge in [-0.25, -0.2) is 0 Å². The third-order valence-electron chi connectivity index (χ3n) is 11.5. The molecule has 0 saturated heterocycles. The molecule has 0 bridgehead atoms. The van der Waals surface area contributed by atoms with Crippen molar-refractivity contribution in [3.63, 3.8) is 0 Å². The summed E-state index contributed by atoms with van der Waals surface area (Å²) in [5.74, 6) is 0. The fraction of sp³-hybridized carbons (Fsp3) is 0.125. The van der Waals surface area contributed by atoms with Crippen molar-refractivity contribution in [2.24, 2.45) is 0 Å². The third kappa shape index (κ3) is 6.32. The molecule has 0 radical (unpaired) electrons. The molecule has 56 heavy (non-hydrogen) atoms. The minimum atomic E-state index is -2.47. The van der Waals surface area contributed by atoms with Gasteiger partial charge in [0.2, 0.25) is 0 Å². The summed E-state index contributed by atoms with van der Waals surface area (Å²) in [7, 11) is 0. The largest absolute Gasteiger partial charge is 1.00 e. The predicted octanol–water partition coefficient (Wildman–Crippen LogP) is 6.19. The van der Waals surface area contributed by atoms with Crippen molar-refractivity contribution in [3.8, 4) is 33.6 Å². The third-order valence-corrected chi connectivity index (χ3v) is 31.4. The van der Waals surface area contributed by atoms with Gasteiger partial charge in [0, 0.05) is 0 Å². The molecule has 0 amide bonds. The minimum Gasteiger partial charge on any atom is -1.00 e. The van der Waals surface area contributed by atoms with Crippen LogP contribution in [-0.4, -0.2) is 25.0 Å². The standard InChI is InChI=1S/2C23H17N2.C2H6Si.2ClH.Zr/c2*1-16-11-20-13-19(17-7-3-2-4-8-17)14-23(21(20)12-16)25-22-10-6-5-9-18(22)15-24-25;1-3-2;;;/h2*2-15H,1H3;1-2H3;2*1H;/q;;;;;+2/p-2. The Balaban J connectivity index is 0.00000220. The number of rotatable bonds is 6. The average Bonchev–Trinajstić information content (AvgIpc) is 3.98. The number of nitrogens with zero attached hydrogens (tertiary/aromatic N) is 4. The van der Waals surface area contributed by atoms with Gasteiger partial charge in [0.1, 0.15) is 0 Å². The SMILES string of the molecule is CC1=Cc2c(cc(-c3ccccc3)cc2-n2ncc3ccccc32)[C@@H]1[Zr+2]([C@H]1C(C)=Cc2c1cc(-c1ccccc1)cc2-n1ncc2ccccc21)=[Si](C)C.[Cl-].[Cl-]. The Morgan fingerprint density at radius 3 is 1.30 bits per heavy atom. The van der Waals surface area contributed by atoms with Crippen LogP contribution < -0.4 is 24.8 Å². The molecular formula is C48H40Cl2N4SiZr. The Labute approximate surface area is 348 Å². The summed E-state index contributed by atoms with van der Waals surface area (Å²) in [5.41, 5.74) is 17.7. The Morgan fingerprint density at radius 1 is 0.500 bits per heavy atom. The van der Waals surface area contributed by atoms with E-state index in [9.17, 15) is 0 Å². The van der Waals surface area contributed by atoms with E-state index in [0.29, 0.717) is 7.25 Å². The van der Waals surface area contributed by atoms with Gasteiger partial charge >= 0.3 is 326 Å². The smallest absolute Gasteiger partial charge is 1.00 e. The first-order valence-electron chi connectivity index (χ1n) is 18.8. The molecule has 0 N–H and O–H groups in total. The van der Waals surface area contributed by atoms with Crippen LogP contribution in [0.25, 0.3) is 67.6 Å². The summed E-state index contributed by atoms with van der Waals surface area (Å²) < 4.78 is 5.29. The van der Waals surface area contributed by atoms with E-state index in [1.165, 1.54) is 67.0 Å².